The molecule has 0 aliphatic carbocycles. The van der Waals surface area contributed by atoms with Gasteiger partial charge in [0.05, 0.1) is 28.9 Å². The zero-order valence-electron chi connectivity index (χ0n) is 15.1. The van der Waals surface area contributed by atoms with E-state index in [-0.39, 0.29) is 22.8 Å². The van der Waals surface area contributed by atoms with Crippen LogP contribution < -0.4 is 5.56 Å². The van der Waals surface area contributed by atoms with Crippen LogP contribution in [0.15, 0.2) is 29.3 Å². The van der Waals surface area contributed by atoms with Gasteiger partial charge in [0.15, 0.2) is 0 Å². The summed E-state index contributed by atoms with van der Waals surface area (Å²) in [5.74, 6) is 0.124. The zero-order chi connectivity index (χ0) is 19.2. The molecule has 1 fully saturated rings. The predicted octanol–water partition coefficient (Wildman–Crippen LogP) is 1.28. The summed E-state index contributed by atoms with van der Waals surface area (Å²) in [7, 11) is 0. The summed E-state index contributed by atoms with van der Waals surface area (Å²) in [6.07, 6.45) is 4.48. The van der Waals surface area contributed by atoms with Gasteiger partial charge in [0.1, 0.15) is 5.52 Å². The summed E-state index contributed by atoms with van der Waals surface area (Å²) < 4.78 is 2.93. The first-order valence-electron chi connectivity index (χ1n) is 8.75. The molecule has 27 heavy (non-hydrogen) atoms. The average Bonchev–Trinajstić information content (AvgIpc) is 3.28. The number of H-pyrrole nitrogens is 1. The van der Waals surface area contributed by atoms with Gasteiger partial charge in [-0.05, 0) is 38.8 Å². The van der Waals surface area contributed by atoms with Crippen LogP contribution in [0.25, 0.3) is 11.5 Å². The van der Waals surface area contributed by atoms with E-state index in [0.29, 0.717) is 42.7 Å². The molecule has 4 rings (SSSR count). The summed E-state index contributed by atoms with van der Waals surface area (Å²) in [4.78, 5) is 29.5. The van der Waals surface area contributed by atoms with E-state index >= 15 is 0 Å². The van der Waals surface area contributed by atoms with Crippen LogP contribution in [0, 0.1) is 23.7 Å². The van der Waals surface area contributed by atoms with Crippen molar-refractivity contribution in [2.75, 3.05) is 13.1 Å². The minimum atomic E-state index is -0.369. The lowest BCUT2D eigenvalue weighted by molar-refractivity contribution is 0.0661. The third-order valence-corrected chi connectivity index (χ3v) is 5.25. The van der Waals surface area contributed by atoms with Crippen LogP contribution in [0.4, 0.5) is 0 Å². The van der Waals surface area contributed by atoms with Crippen LogP contribution in [0.1, 0.15) is 35.8 Å². The summed E-state index contributed by atoms with van der Waals surface area (Å²) in [6, 6.07) is 5.74. The smallest absolute Gasteiger partial charge is 0.276 e. The van der Waals surface area contributed by atoms with Gasteiger partial charge in [0, 0.05) is 19.3 Å². The molecule has 1 amide bonds. The number of nitrogens with one attached hydrogen (secondary N) is 1. The van der Waals surface area contributed by atoms with Crippen molar-refractivity contribution in [3.05, 3.63) is 46.1 Å². The molecule has 138 valence electrons. The Kier molecular flexibility index (Phi) is 3.84. The van der Waals surface area contributed by atoms with E-state index in [0.717, 1.165) is 0 Å². The first-order valence-corrected chi connectivity index (χ1v) is 8.75. The summed E-state index contributed by atoms with van der Waals surface area (Å²) in [6.45, 7) is 4.77. The van der Waals surface area contributed by atoms with Gasteiger partial charge < -0.3 is 4.90 Å². The van der Waals surface area contributed by atoms with Crippen molar-refractivity contribution in [1.82, 2.24) is 29.3 Å². The maximum absolute atomic E-state index is 12.9. The molecule has 0 radical (unpaired) electrons. The second kappa shape index (κ2) is 6.09. The van der Waals surface area contributed by atoms with Crippen LogP contribution in [0.5, 0.6) is 0 Å². The van der Waals surface area contributed by atoms with Crippen LogP contribution in [0.2, 0.25) is 0 Å². The van der Waals surface area contributed by atoms with E-state index in [1.165, 1.54) is 15.4 Å². The van der Waals surface area contributed by atoms with E-state index in [2.05, 4.69) is 21.3 Å². The standard InChI is InChI=1S/C18H19N7O2/c1-12-13(16(27)23-8-5-18(2,11-19)6-9-23)10-20-25(12)17-21-15(26)14-4-3-7-24(14)22-17/h3-4,7,10H,5-6,8-9H2,1-2H3,(H,21,22,26). The van der Waals surface area contributed by atoms with Crippen molar-refractivity contribution < 1.29 is 4.79 Å². The molecule has 1 N–H and O–H groups in total. The van der Waals surface area contributed by atoms with E-state index < -0.39 is 0 Å². The van der Waals surface area contributed by atoms with Crippen molar-refractivity contribution in [2.24, 2.45) is 5.41 Å². The molecule has 1 aliphatic heterocycles. The number of amides is 1. The van der Waals surface area contributed by atoms with Gasteiger partial charge in [0.2, 0.25) is 5.95 Å². The second-order valence-electron chi connectivity index (χ2n) is 7.14. The molecule has 3 aromatic rings. The lowest BCUT2D eigenvalue weighted by Gasteiger charge is -2.34. The van der Waals surface area contributed by atoms with Gasteiger partial charge in [-0.2, -0.15) is 10.4 Å². The number of aromatic amines is 1. The highest BCUT2D eigenvalue weighted by Gasteiger charge is 2.33. The van der Waals surface area contributed by atoms with Gasteiger partial charge in [-0.15, -0.1) is 5.10 Å². The molecule has 0 aromatic carbocycles. The summed E-state index contributed by atoms with van der Waals surface area (Å²) in [5, 5.41) is 17.8. The maximum Gasteiger partial charge on any atom is 0.276 e. The zero-order valence-corrected chi connectivity index (χ0v) is 15.1. The van der Waals surface area contributed by atoms with Crippen LogP contribution in [-0.2, 0) is 0 Å². The molecule has 9 nitrogen and oxygen atoms in total. The number of hydrogen-bond donors (Lipinski definition) is 1. The van der Waals surface area contributed by atoms with E-state index in [9.17, 15) is 14.9 Å². The average molecular weight is 365 g/mol. The van der Waals surface area contributed by atoms with Crippen LogP contribution in [0.3, 0.4) is 0 Å². The molecule has 4 heterocycles. The Labute approximate surface area is 154 Å². The second-order valence-corrected chi connectivity index (χ2v) is 7.14. The summed E-state index contributed by atoms with van der Waals surface area (Å²) in [5.41, 5.74) is 0.855. The number of likely N-dealkylation sites (tertiary alicyclic amines) is 1. The highest BCUT2D eigenvalue weighted by atomic mass is 16.2. The van der Waals surface area contributed by atoms with Crippen molar-refractivity contribution in [3.63, 3.8) is 0 Å². The van der Waals surface area contributed by atoms with Gasteiger partial charge in [-0.1, -0.05) is 0 Å². The lowest BCUT2D eigenvalue weighted by Crippen LogP contribution is -2.41. The van der Waals surface area contributed by atoms with E-state index in [1.54, 1.807) is 30.2 Å². The molecule has 0 saturated carbocycles. The number of piperidine rings is 1. The molecule has 1 aliphatic rings. The number of rotatable bonds is 2. The minimum Gasteiger partial charge on any atom is -0.338 e. The first kappa shape index (κ1) is 17.0. The van der Waals surface area contributed by atoms with E-state index in [1.807, 2.05) is 6.92 Å². The van der Waals surface area contributed by atoms with E-state index in [4.69, 9.17) is 0 Å². The molecule has 0 atom stereocenters. The quantitative estimate of drug-likeness (QED) is 0.735. The van der Waals surface area contributed by atoms with Gasteiger partial charge in [0.25, 0.3) is 11.5 Å². The Morgan fingerprint density at radius 3 is 2.81 bits per heavy atom. The normalized spacial score (nSPS) is 16.4. The molecular weight excluding hydrogens is 346 g/mol. The lowest BCUT2D eigenvalue weighted by atomic mass is 9.82. The van der Waals surface area contributed by atoms with Crippen LogP contribution >= 0.6 is 0 Å². The molecule has 1 saturated heterocycles. The largest absolute Gasteiger partial charge is 0.338 e. The SMILES string of the molecule is Cc1c(C(=O)N2CCC(C)(C#N)CC2)cnn1-c1nn2cccc2c(=O)[nH]1. The van der Waals surface area contributed by atoms with Gasteiger partial charge in [-0.3, -0.25) is 14.6 Å². The number of aromatic nitrogens is 5. The van der Waals surface area contributed by atoms with Crippen molar-refractivity contribution in [2.45, 2.75) is 26.7 Å². The van der Waals surface area contributed by atoms with Crippen molar-refractivity contribution in [3.8, 4) is 12.0 Å². The number of nitrogens with zero attached hydrogens (tertiary/aromatic N) is 6. The number of fused-ring (bicyclic) bond motifs is 1. The Morgan fingerprint density at radius 2 is 2.11 bits per heavy atom. The third kappa shape index (κ3) is 2.79. The number of nitriles is 1. The fourth-order valence-corrected chi connectivity index (χ4v) is 3.35. The third-order valence-electron chi connectivity index (χ3n) is 5.25. The molecule has 0 bridgehead atoms. The monoisotopic (exact) mass is 365 g/mol. The van der Waals surface area contributed by atoms with Crippen LogP contribution in [-0.4, -0.2) is 48.3 Å². The highest BCUT2D eigenvalue weighted by molar-refractivity contribution is 5.95. The molecule has 3 aromatic heterocycles. The Hall–Kier alpha value is -3.41. The number of carbonyl (C=O) groups excluding carboxylic acids is 1. The highest BCUT2D eigenvalue weighted by Crippen LogP contribution is 2.30. The first-order chi connectivity index (χ1) is 12.9. The topological polar surface area (TPSA) is 112 Å². The number of hydrogen-bond acceptors (Lipinski definition) is 5. The van der Waals surface area contributed by atoms with Crippen molar-refractivity contribution >= 4 is 11.4 Å². The fraction of sp³-hybridized carbons (Fsp3) is 0.389. The Bertz CT molecular complexity index is 1120. The van der Waals surface area contributed by atoms with Crippen molar-refractivity contribution in [1.29, 1.82) is 5.26 Å². The molecule has 9 heteroatoms. The minimum absolute atomic E-state index is 0.122. The maximum atomic E-state index is 12.9. The van der Waals surface area contributed by atoms with Gasteiger partial charge in [-0.25, -0.2) is 9.20 Å². The molecule has 0 unspecified atom stereocenters. The molecular formula is C18H19N7O2. The Balaban J connectivity index is 1.63. The molecule has 0 spiro atoms. The fourth-order valence-electron chi connectivity index (χ4n) is 3.35. The van der Waals surface area contributed by atoms with Gasteiger partial charge >= 0.3 is 0 Å². The predicted molar refractivity (Wildman–Crippen MR) is 96.5 cm³/mol. The Morgan fingerprint density at radius 1 is 1.37 bits per heavy atom. The number of carbonyl (C=O) groups is 1. The summed E-state index contributed by atoms with van der Waals surface area (Å²) >= 11 is 0.